The molecule has 0 aliphatic carbocycles. The number of methoxy groups -OCH3 is 1. The molecule has 138 valence electrons. The number of benzene rings is 1. The Balaban J connectivity index is 0.00000196. The number of ether oxygens (including phenoxy) is 1. The Kier molecular flexibility index (Phi) is 5.45. The summed E-state index contributed by atoms with van der Waals surface area (Å²) in [5, 5.41) is 11.1. The fourth-order valence-corrected chi connectivity index (χ4v) is 4.12. The second-order valence-corrected chi connectivity index (χ2v) is 7.19. The van der Waals surface area contributed by atoms with E-state index in [1.54, 1.807) is 11.8 Å². The number of thiazole rings is 1. The molecule has 1 fully saturated rings. The Labute approximate surface area is 161 Å². The normalized spacial score (nSPS) is 19.3. The van der Waals surface area contributed by atoms with Gasteiger partial charge in [0.15, 0.2) is 5.13 Å². The molecule has 2 aromatic heterocycles. The smallest absolute Gasteiger partial charge is 0.231 e. The minimum Gasteiger partial charge on any atom is -0.497 e. The number of carbonyl (C=O) groups excluding carboxylic acids is 1. The average Bonchev–Trinajstić information content (AvgIpc) is 3.31. The van der Waals surface area contributed by atoms with E-state index in [9.17, 15) is 4.79 Å². The number of rotatable bonds is 4. The molecular weight excluding hydrogens is 374 g/mol. The van der Waals surface area contributed by atoms with Crippen LogP contribution in [0.15, 0.2) is 30.6 Å². The summed E-state index contributed by atoms with van der Waals surface area (Å²) in [4.78, 5) is 17.3. The van der Waals surface area contributed by atoms with Crippen LogP contribution in [0.25, 0.3) is 10.2 Å². The first-order valence-electron chi connectivity index (χ1n) is 8.09. The summed E-state index contributed by atoms with van der Waals surface area (Å²) in [6, 6.07) is 5.70. The van der Waals surface area contributed by atoms with E-state index in [-0.39, 0.29) is 30.2 Å². The minimum absolute atomic E-state index is 0. The topological polar surface area (TPSA) is 81.1 Å². The summed E-state index contributed by atoms with van der Waals surface area (Å²) in [7, 11) is 3.52. The molecule has 7 nitrogen and oxygen atoms in total. The highest BCUT2D eigenvalue weighted by Crippen LogP contribution is 2.32. The first-order chi connectivity index (χ1) is 12.1. The first-order valence-corrected chi connectivity index (χ1v) is 8.90. The standard InChI is InChI=1S/C17H19N5O2S.ClH/c1-22-9-10(6-19-22)12-7-18-8-13(12)16(23)21-17-20-14-4-3-11(24-2)5-15(14)25-17;/h3-6,9,12-13,18H,7-8H2,1-2H3,(H,20,21,23);1H/t12-,13+;/m1./s1. The summed E-state index contributed by atoms with van der Waals surface area (Å²) in [6.45, 7) is 1.44. The zero-order valence-corrected chi connectivity index (χ0v) is 16.1. The lowest BCUT2D eigenvalue weighted by molar-refractivity contribution is -0.119. The van der Waals surface area contributed by atoms with Crippen molar-refractivity contribution >= 4 is 45.0 Å². The average molecular weight is 394 g/mol. The minimum atomic E-state index is -0.134. The number of aryl methyl sites for hydroxylation is 1. The van der Waals surface area contributed by atoms with Gasteiger partial charge in [0.2, 0.25) is 5.91 Å². The Hall–Kier alpha value is -2.16. The van der Waals surface area contributed by atoms with Gasteiger partial charge >= 0.3 is 0 Å². The third-order valence-electron chi connectivity index (χ3n) is 4.53. The highest BCUT2D eigenvalue weighted by Gasteiger charge is 2.35. The van der Waals surface area contributed by atoms with Crippen LogP contribution >= 0.6 is 23.7 Å². The number of hydrogen-bond donors (Lipinski definition) is 2. The number of hydrogen-bond acceptors (Lipinski definition) is 6. The molecule has 0 bridgehead atoms. The highest BCUT2D eigenvalue weighted by molar-refractivity contribution is 7.22. The molecule has 0 unspecified atom stereocenters. The van der Waals surface area contributed by atoms with Crippen LogP contribution in [-0.4, -0.2) is 40.9 Å². The molecule has 3 aromatic rings. The van der Waals surface area contributed by atoms with Crippen LogP contribution in [0.5, 0.6) is 5.75 Å². The maximum atomic E-state index is 12.8. The van der Waals surface area contributed by atoms with Gasteiger partial charge < -0.3 is 15.4 Å². The molecule has 4 rings (SSSR count). The van der Waals surface area contributed by atoms with Crippen LogP contribution in [0.1, 0.15) is 11.5 Å². The van der Waals surface area contributed by atoms with Crippen LogP contribution < -0.4 is 15.4 Å². The summed E-state index contributed by atoms with van der Waals surface area (Å²) < 4.78 is 7.99. The third kappa shape index (κ3) is 3.53. The largest absolute Gasteiger partial charge is 0.497 e. The summed E-state index contributed by atoms with van der Waals surface area (Å²) in [5.74, 6) is 0.768. The quantitative estimate of drug-likeness (QED) is 0.711. The van der Waals surface area contributed by atoms with E-state index in [0.717, 1.165) is 28.1 Å². The molecule has 2 N–H and O–H groups in total. The molecular formula is C17H20ClN5O2S. The van der Waals surface area contributed by atoms with Crippen molar-refractivity contribution < 1.29 is 9.53 Å². The van der Waals surface area contributed by atoms with Gasteiger partial charge in [-0.05, 0) is 23.8 Å². The summed E-state index contributed by atoms with van der Waals surface area (Å²) in [5.41, 5.74) is 1.94. The maximum Gasteiger partial charge on any atom is 0.231 e. The lowest BCUT2D eigenvalue weighted by Gasteiger charge is -2.15. The van der Waals surface area contributed by atoms with E-state index in [1.807, 2.05) is 37.6 Å². The third-order valence-corrected chi connectivity index (χ3v) is 5.46. The summed E-state index contributed by atoms with van der Waals surface area (Å²) >= 11 is 1.46. The fraction of sp³-hybridized carbons (Fsp3) is 0.353. The molecule has 0 saturated carbocycles. The van der Waals surface area contributed by atoms with Crippen molar-refractivity contribution in [2.75, 3.05) is 25.5 Å². The predicted molar refractivity (Wildman–Crippen MR) is 104 cm³/mol. The van der Waals surface area contributed by atoms with Gasteiger partial charge in [-0.3, -0.25) is 9.48 Å². The summed E-state index contributed by atoms with van der Waals surface area (Å²) in [6.07, 6.45) is 3.81. The predicted octanol–water partition coefficient (Wildman–Crippen LogP) is 2.40. The van der Waals surface area contributed by atoms with E-state index >= 15 is 0 Å². The Bertz CT molecular complexity index is 925. The van der Waals surface area contributed by atoms with Gasteiger partial charge in [0, 0.05) is 32.3 Å². The van der Waals surface area contributed by atoms with E-state index in [2.05, 4.69) is 20.7 Å². The van der Waals surface area contributed by atoms with Crippen molar-refractivity contribution in [3.8, 4) is 5.75 Å². The van der Waals surface area contributed by atoms with Crippen molar-refractivity contribution in [1.82, 2.24) is 20.1 Å². The molecule has 1 aromatic carbocycles. The zero-order chi connectivity index (χ0) is 17.4. The zero-order valence-electron chi connectivity index (χ0n) is 14.4. The van der Waals surface area contributed by atoms with Crippen molar-refractivity contribution in [3.05, 3.63) is 36.2 Å². The second-order valence-electron chi connectivity index (χ2n) is 6.16. The number of fused-ring (bicyclic) bond motifs is 1. The fourth-order valence-electron chi connectivity index (χ4n) is 3.22. The Morgan fingerprint density at radius 1 is 1.42 bits per heavy atom. The molecule has 1 aliphatic rings. The molecule has 1 amide bonds. The monoisotopic (exact) mass is 393 g/mol. The number of aromatic nitrogens is 3. The number of carbonyl (C=O) groups is 1. The van der Waals surface area contributed by atoms with Crippen LogP contribution in [0.4, 0.5) is 5.13 Å². The van der Waals surface area contributed by atoms with Gasteiger partial charge in [0.05, 0.1) is 29.4 Å². The van der Waals surface area contributed by atoms with Gasteiger partial charge in [0.1, 0.15) is 5.75 Å². The number of anilines is 1. The highest BCUT2D eigenvalue weighted by atomic mass is 35.5. The SMILES string of the molecule is COc1ccc2nc(NC(=O)[C@H]3CNC[C@@H]3c3cnn(C)c3)sc2c1.Cl. The van der Waals surface area contributed by atoms with Gasteiger partial charge in [-0.1, -0.05) is 11.3 Å². The Morgan fingerprint density at radius 3 is 3.00 bits per heavy atom. The van der Waals surface area contributed by atoms with Crippen LogP contribution in [0, 0.1) is 5.92 Å². The number of amides is 1. The van der Waals surface area contributed by atoms with Gasteiger partial charge in [-0.2, -0.15) is 5.10 Å². The molecule has 2 atom stereocenters. The number of halogens is 1. The van der Waals surface area contributed by atoms with Crippen molar-refractivity contribution in [2.45, 2.75) is 5.92 Å². The molecule has 26 heavy (non-hydrogen) atoms. The van der Waals surface area contributed by atoms with Gasteiger partial charge in [0.25, 0.3) is 0 Å². The Morgan fingerprint density at radius 2 is 2.27 bits per heavy atom. The van der Waals surface area contributed by atoms with E-state index in [1.165, 1.54) is 11.3 Å². The maximum absolute atomic E-state index is 12.8. The van der Waals surface area contributed by atoms with Crippen molar-refractivity contribution in [2.24, 2.45) is 13.0 Å². The van der Waals surface area contributed by atoms with Gasteiger partial charge in [-0.15, -0.1) is 12.4 Å². The van der Waals surface area contributed by atoms with Crippen molar-refractivity contribution in [3.63, 3.8) is 0 Å². The molecule has 9 heteroatoms. The van der Waals surface area contributed by atoms with Crippen LogP contribution in [-0.2, 0) is 11.8 Å². The number of nitrogens with zero attached hydrogens (tertiary/aromatic N) is 3. The molecule has 3 heterocycles. The number of nitrogens with one attached hydrogen (secondary N) is 2. The van der Waals surface area contributed by atoms with E-state index in [0.29, 0.717) is 11.7 Å². The first kappa shape index (κ1) is 18.6. The van der Waals surface area contributed by atoms with Crippen LogP contribution in [0.2, 0.25) is 0 Å². The van der Waals surface area contributed by atoms with Crippen LogP contribution in [0.3, 0.4) is 0 Å². The molecule has 1 saturated heterocycles. The van der Waals surface area contributed by atoms with Gasteiger partial charge in [-0.25, -0.2) is 4.98 Å². The molecule has 1 aliphatic heterocycles. The van der Waals surface area contributed by atoms with E-state index < -0.39 is 0 Å². The molecule has 0 spiro atoms. The molecule has 0 radical (unpaired) electrons. The van der Waals surface area contributed by atoms with E-state index in [4.69, 9.17) is 4.74 Å². The lowest BCUT2D eigenvalue weighted by Crippen LogP contribution is -2.27. The lowest BCUT2D eigenvalue weighted by atomic mass is 9.90. The second kappa shape index (κ2) is 7.61. The van der Waals surface area contributed by atoms with Crippen molar-refractivity contribution in [1.29, 1.82) is 0 Å².